The minimum absolute atomic E-state index is 0.0774. The monoisotopic (exact) mass is 353 g/mol. The highest BCUT2D eigenvalue weighted by Gasteiger charge is 2.52. The van der Waals surface area contributed by atoms with Crippen LogP contribution in [-0.2, 0) is 5.41 Å². The number of nitrogens with zero attached hydrogens (tertiary/aromatic N) is 1. The van der Waals surface area contributed by atoms with E-state index in [-0.39, 0.29) is 29.2 Å². The first kappa shape index (κ1) is 17.1. The highest BCUT2D eigenvalue weighted by Crippen LogP contribution is 2.52. The summed E-state index contributed by atoms with van der Waals surface area (Å²) in [5.74, 6) is -0.359. The summed E-state index contributed by atoms with van der Waals surface area (Å²) in [6.45, 7) is 4.42. The number of halogens is 1. The average Bonchev–Trinajstić information content (AvgIpc) is 2.62. The van der Waals surface area contributed by atoms with E-state index in [1.165, 1.54) is 11.6 Å². The lowest BCUT2D eigenvalue weighted by atomic mass is 9.57. The number of rotatable bonds is 4. The predicted octanol–water partition coefficient (Wildman–Crippen LogP) is 4.56. The smallest absolute Gasteiger partial charge is 0.254 e. The zero-order valence-electron chi connectivity index (χ0n) is 15.2. The molecule has 1 aliphatic carbocycles. The molecule has 136 valence electrons. The molecule has 3 fully saturated rings. The minimum atomic E-state index is -0.478. The van der Waals surface area contributed by atoms with Gasteiger partial charge in [-0.15, -0.1) is 0 Å². The van der Waals surface area contributed by atoms with E-state index in [9.17, 15) is 9.18 Å². The van der Waals surface area contributed by atoms with Crippen molar-refractivity contribution in [3.63, 3.8) is 0 Å². The van der Waals surface area contributed by atoms with Gasteiger partial charge in [0.15, 0.2) is 11.6 Å². The van der Waals surface area contributed by atoms with Crippen molar-refractivity contribution in [2.75, 3.05) is 6.54 Å². The molecule has 2 saturated heterocycles. The fourth-order valence-corrected chi connectivity index (χ4v) is 4.37. The third-order valence-electron chi connectivity index (χ3n) is 5.71. The summed E-state index contributed by atoms with van der Waals surface area (Å²) in [6, 6.07) is 15.4. The molecule has 4 heteroatoms. The van der Waals surface area contributed by atoms with Crippen molar-refractivity contribution in [1.82, 2.24) is 4.90 Å². The quantitative estimate of drug-likeness (QED) is 0.806. The van der Waals surface area contributed by atoms with Crippen molar-refractivity contribution < 1.29 is 13.9 Å². The summed E-state index contributed by atoms with van der Waals surface area (Å²) in [5.41, 5.74) is 2.01. The summed E-state index contributed by atoms with van der Waals surface area (Å²) < 4.78 is 19.6. The van der Waals surface area contributed by atoms with E-state index in [0.29, 0.717) is 5.56 Å². The van der Waals surface area contributed by atoms with Gasteiger partial charge in [-0.1, -0.05) is 30.3 Å². The van der Waals surface area contributed by atoms with Crippen LogP contribution >= 0.6 is 0 Å². The number of hydrogen-bond acceptors (Lipinski definition) is 2. The average molecular weight is 353 g/mol. The van der Waals surface area contributed by atoms with E-state index in [1.807, 2.05) is 24.8 Å². The maximum absolute atomic E-state index is 14.2. The molecular formula is C22H24FNO2. The van der Waals surface area contributed by atoms with Gasteiger partial charge >= 0.3 is 0 Å². The molecule has 2 aromatic carbocycles. The normalized spacial score (nSPS) is 24.3. The largest absolute Gasteiger partial charge is 0.488 e. The number of carbonyl (C=O) groups excluding carboxylic acids is 1. The van der Waals surface area contributed by atoms with Gasteiger partial charge in [0, 0.05) is 23.6 Å². The Bertz CT molecular complexity index is 807. The molecule has 2 heterocycles. The van der Waals surface area contributed by atoms with E-state index < -0.39 is 5.82 Å². The van der Waals surface area contributed by atoms with Crippen molar-refractivity contribution in [3.8, 4) is 5.75 Å². The van der Waals surface area contributed by atoms with Crippen LogP contribution in [0.4, 0.5) is 4.39 Å². The highest BCUT2D eigenvalue weighted by molar-refractivity contribution is 5.95. The lowest BCUT2D eigenvalue weighted by Crippen LogP contribution is -2.61. The minimum Gasteiger partial charge on any atom is -0.488 e. The van der Waals surface area contributed by atoms with Crippen LogP contribution in [0.2, 0.25) is 0 Å². The first-order valence-electron chi connectivity index (χ1n) is 9.31. The third-order valence-corrected chi connectivity index (χ3v) is 5.71. The Morgan fingerprint density at radius 1 is 1.19 bits per heavy atom. The summed E-state index contributed by atoms with van der Waals surface area (Å²) >= 11 is 0. The van der Waals surface area contributed by atoms with Gasteiger partial charge in [0.25, 0.3) is 5.91 Å². The third kappa shape index (κ3) is 2.87. The van der Waals surface area contributed by atoms with Crippen LogP contribution in [0.5, 0.6) is 5.75 Å². The SMILES string of the molecule is CC(C)Oc1ccc(C(=O)N2CCC3(c4ccccc4)CC2C3)cc1F. The summed E-state index contributed by atoms with van der Waals surface area (Å²) in [4.78, 5) is 14.8. The summed E-state index contributed by atoms with van der Waals surface area (Å²) in [5, 5.41) is 0. The first-order valence-corrected chi connectivity index (χ1v) is 9.31. The molecule has 0 spiro atoms. The molecule has 1 amide bonds. The molecule has 2 aromatic rings. The molecule has 0 radical (unpaired) electrons. The zero-order valence-corrected chi connectivity index (χ0v) is 15.2. The van der Waals surface area contributed by atoms with E-state index in [2.05, 4.69) is 24.3 Å². The van der Waals surface area contributed by atoms with Crippen molar-refractivity contribution in [2.24, 2.45) is 0 Å². The number of hydrogen-bond donors (Lipinski definition) is 0. The summed E-state index contributed by atoms with van der Waals surface area (Å²) in [6.07, 6.45) is 2.87. The molecule has 0 atom stereocenters. The topological polar surface area (TPSA) is 29.5 Å². The Hall–Kier alpha value is -2.36. The van der Waals surface area contributed by atoms with Gasteiger partial charge in [0.1, 0.15) is 0 Å². The second-order valence-electron chi connectivity index (χ2n) is 7.77. The van der Waals surface area contributed by atoms with Gasteiger partial charge in [0.05, 0.1) is 6.10 Å². The number of ether oxygens (including phenoxy) is 1. The molecule has 26 heavy (non-hydrogen) atoms. The molecular weight excluding hydrogens is 329 g/mol. The molecule has 3 nitrogen and oxygen atoms in total. The zero-order chi connectivity index (χ0) is 18.3. The summed E-state index contributed by atoms with van der Waals surface area (Å²) in [7, 11) is 0. The van der Waals surface area contributed by atoms with Crippen LogP contribution < -0.4 is 4.74 Å². The van der Waals surface area contributed by atoms with Crippen LogP contribution in [0, 0.1) is 5.82 Å². The second-order valence-corrected chi connectivity index (χ2v) is 7.77. The molecule has 0 N–H and O–H groups in total. The van der Waals surface area contributed by atoms with E-state index >= 15 is 0 Å². The Morgan fingerprint density at radius 3 is 2.50 bits per heavy atom. The van der Waals surface area contributed by atoms with Crippen LogP contribution in [0.3, 0.4) is 0 Å². The lowest BCUT2D eigenvalue weighted by molar-refractivity contribution is -0.00436. The predicted molar refractivity (Wildman–Crippen MR) is 99.0 cm³/mol. The number of fused-ring (bicyclic) bond motifs is 2. The fourth-order valence-electron chi connectivity index (χ4n) is 4.37. The molecule has 3 aliphatic rings. The number of piperidine rings is 2. The second kappa shape index (κ2) is 6.42. The molecule has 5 rings (SSSR count). The van der Waals surface area contributed by atoms with Crippen LogP contribution in [0.1, 0.15) is 49.0 Å². The standard InChI is InChI=1S/C22H24FNO2/c1-15(2)26-20-9-8-16(12-19(20)23)21(25)24-11-10-22(13-18(24)14-22)17-6-4-3-5-7-17/h3-9,12,15,18H,10-11,13-14H2,1-2H3. The molecule has 1 saturated carbocycles. The number of benzene rings is 2. The first-order chi connectivity index (χ1) is 12.5. The Kier molecular flexibility index (Phi) is 4.22. The molecule has 2 aliphatic heterocycles. The van der Waals surface area contributed by atoms with Crippen LogP contribution in [0.15, 0.2) is 48.5 Å². The van der Waals surface area contributed by atoms with Crippen LogP contribution in [-0.4, -0.2) is 29.5 Å². The highest BCUT2D eigenvalue weighted by atomic mass is 19.1. The maximum Gasteiger partial charge on any atom is 0.254 e. The van der Waals surface area contributed by atoms with E-state index in [0.717, 1.165) is 25.8 Å². The van der Waals surface area contributed by atoms with E-state index in [1.54, 1.807) is 12.1 Å². The van der Waals surface area contributed by atoms with E-state index in [4.69, 9.17) is 4.74 Å². The van der Waals surface area contributed by atoms with Crippen LogP contribution in [0.25, 0.3) is 0 Å². The Morgan fingerprint density at radius 2 is 1.92 bits per heavy atom. The Balaban J connectivity index is 1.47. The maximum atomic E-state index is 14.2. The van der Waals surface area contributed by atoms with Crippen molar-refractivity contribution in [1.29, 1.82) is 0 Å². The van der Waals surface area contributed by atoms with Gasteiger partial charge in [-0.3, -0.25) is 4.79 Å². The number of amides is 1. The molecule has 0 aromatic heterocycles. The Labute approximate surface area is 153 Å². The fraction of sp³-hybridized carbons (Fsp3) is 0.409. The van der Waals surface area contributed by atoms with Crippen molar-refractivity contribution >= 4 is 5.91 Å². The van der Waals surface area contributed by atoms with Gasteiger partial charge < -0.3 is 9.64 Å². The molecule has 2 bridgehead atoms. The lowest BCUT2D eigenvalue weighted by Gasteiger charge is -2.58. The van der Waals surface area contributed by atoms with Crippen molar-refractivity contribution in [3.05, 3.63) is 65.5 Å². The van der Waals surface area contributed by atoms with Gasteiger partial charge in [-0.2, -0.15) is 0 Å². The molecule has 0 unspecified atom stereocenters. The van der Waals surface area contributed by atoms with Gasteiger partial charge in [-0.25, -0.2) is 4.39 Å². The van der Waals surface area contributed by atoms with Gasteiger partial charge in [-0.05, 0) is 56.9 Å². The number of carbonyl (C=O) groups is 1. The van der Waals surface area contributed by atoms with Gasteiger partial charge in [0.2, 0.25) is 0 Å². The van der Waals surface area contributed by atoms with Crippen molar-refractivity contribution in [2.45, 2.75) is 50.7 Å².